The molecule has 1 aliphatic heterocycles. The van der Waals surface area contributed by atoms with Crippen molar-refractivity contribution in [1.82, 2.24) is 5.32 Å². The van der Waals surface area contributed by atoms with E-state index in [1.54, 1.807) is 0 Å². The van der Waals surface area contributed by atoms with Crippen LogP contribution in [0.1, 0.15) is 23.6 Å². The van der Waals surface area contributed by atoms with E-state index < -0.39 is 11.7 Å². The maximum atomic E-state index is 12.4. The predicted octanol–water partition coefficient (Wildman–Crippen LogP) is 2.31. The van der Waals surface area contributed by atoms with Gasteiger partial charge in [0.15, 0.2) is 0 Å². The number of benzene rings is 1. The summed E-state index contributed by atoms with van der Waals surface area (Å²) in [5, 5.41) is 3.20. The Kier molecular flexibility index (Phi) is 3.40. The minimum atomic E-state index is -4.28. The van der Waals surface area contributed by atoms with Gasteiger partial charge in [0.05, 0.1) is 5.56 Å². The third-order valence-electron chi connectivity index (χ3n) is 3.23. The molecule has 5 heteroatoms. The van der Waals surface area contributed by atoms with Gasteiger partial charge in [-0.05, 0) is 43.1 Å². The van der Waals surface area contributed by atoms with Crippen molar-refractivity contribution in [2.45, 2.75) is 18.6 Å². The molecule has 0 saturated carbocycles. The summed E-state index contributed by atoms with van der Waals surface area (Å²) in [4.78, 5) is 0. The van der Waals surface area contributed by atoms with Gasteiger partial charge in [0.25, 0.3) is 0 Å². The normalized spacial score (nSPS) is 22.7. The third-order valence-corrected chi connectivity index (χ3v) is 3.23. The number of nitrogens with one attached hydrogen (secondary N) is 1. The molecule has 0 bridgehead atoms. The summed E-state index contributed by atoms with van der Waals surface area (Å²) in [5.41, 5.74) is 6.18. The van der Waals surface area contributed by atoms with E-state index in [-0.39, 0.29) is 6.04 Å². The lowest BCUT2D eigenvalue weighted by atomic mass is 9.92. The first-order valence-corrected chi connectivity index (χ1v) is 5.62. The third kappa shape index (κ3) is 2.79. The molecule has 0 amide bonds. The Hall–Kier alpha value is -1.07. The number of rotatable bonds is 2. The number of hydrogen-bond acceptors (Lipinski definition) is 2. The minimum Gasteiger partial charge on any atom is -0.324 e. The Morgan fingerprint density at radius 2 is 1.88 bits per heavy atom. The Bertz CT molecular complexity index is 366. The number of alkyl halides is 3. The van der Waals surface area contributed by atoms with Gasteiger partial charge in [-0.3, -0.25) is 0 Å². The fourth-order valence-electron chi connectivity index (χ4n) is 2.15. The lowest BCUT2D eigenvalue weighted by Gasteiger charge is -2.19. The second-order valence-corrected chi connectivity index (χ2v) is 4.40. The van der Waals surface area contributed by atoms with Gasteiger partial charge in [0.1, 0.15) is 0 Å². The van der Waals surface area contributed by atoms with Crippen LogP contribution >= 0.6 is 0 Å². The van der Waals surface area contributed by atoms with Crippen molar-refractivity contribution in [3.8, 4) is 0 Å². The van der Waals surface area contributed by atoms with Crippen LogP contribution in [0, 0.1) is 5.92 Å². The smallest absolute Gasteiger partial charge is 0.324 e. The lowest BCUT2D eigenvalue weighted by molar-refractivity contribution is -0.137. The molecule has 2 nitrogen and oxygen atoms in total. The fourth-order valence-corrected chi connectivity index (χ4v) is 2.15. The van der Waals surface area contributed by atoms with Gasteiger partial charge in [0, 0.05) is 6.04 Å². The molecule has 2 unspecified atom stereocenters. The van der Waals surface area contributed by atoms with Gasteiger partial charge in [0.2, 0.25) is 0 Å². The molecule has 1 aromatic rings. The molecular weight excluding hydrogens is 229 g/mol. The van der Waals surface area contributed by atoms with Crippen molar-refractivity contribution in [2.24, 2.45) is 11.7 Å². The second kappa shape index (κ2) is 4.66. The molecule has 0 aliphatic carbocycles. The Labute approximate surface area is 98.0 Å². The quantitative estimate of drug-likeness (QED) is 0.837. The maximum Gasteiger partial charge on any atom is 0.416 e. The highest BCUT2D eigenvalue weighted by molar-refractivity contribution is 5.27. The maximum absolute atomic E-state index is 12.4. The van der Waals surface area contributed by atoms with Gasteiger partial charge in [-0.15, -0.1) is 0 Å². The minimum absolute atomic E-state index is 0.188. The van der Waals surface area contributed by atoms with Crippen molar-refractivity contribution >= 4 is 0 Å². The second-order valence-electron chi connectivity index (χ2n) is 4.40. The number of hydrogen-bond donors (Lipinski definition) is 2. The van der Waals surface area contributed by atoms with E-state index in [1.807, 2.05) is 0 Å². The molecule has 0 radical (unpaired) electrons. The highest BCUT2D eigenvalue weighted by Crippen LogP contribution is 2.31. The van der Waals surface area contributed by atoms with E-state index in [2.05, 4.69) is 5.32 Å². The zero-order valence-corrected chi connectivity index (χ0v) is 9.30. The van der Waals surface area contributed by atoms with E-state index in [0.29, 0.717) is 5.92 Å². The molecule has 2 atom stereocenters. The summed E-state index contributed by atoms with van der Waals surface area (Å²) in [6.45, 7) is 1.77. The Morgan fingerprint density at radius 1 is 1.24 bits per heavy atom. The summed E-state index contributed by atoms with van der Waals surface area (Å²) < 4.78 is 37.1. The van der Waals surface area contributed by atoms with Gasteiger partial charge in [-0.25, -0.2) is 0 Å². The SMILES string of the molecule is NC(c1ccc(C(F)(F)F)cc1)C1CCNC1. The van der Waals surface area contributed by atoms with Crippen LogP contribution < -0.4 is 11.1 Å². The molecular formula is C12H15F3N2. The average molecular weight is 244 g/mol. The van der Waals surface area contributed by atoms with Crippen molar-refractivity contribution in [3.05, 3.63) is 35.4 Å². The topological polar surface area (TPSA) is 38.0 Å². The standard InChI is InChI=1S/C12H15F3N2/c13-12(14,15)10-3-1-8(2-4-10)11(16)9-5-6-17-7-9/h1-4,9,11,17H,5-7,16H2. The average Bonchev–Trinajstić information content (AvgIpc) is 2.80. The first kappa shape index (κ1) is 12.4. The van der Waals surface area contributed by atoms with Crippen LogP contribution in [-0.4, -0.2) is 13.1 Å². The molecule has 2 rings (SSSR count). The van der Waals surface area contributed by atoms with Gasteiger partial charge < -0.3 is 11.1 Å². The van der Waals surface area contributed by atoms with Crippen LogP contribution in [0.15, 0.2) is 24.3 Å². The van der Waals surface area contributed by atoms with Crippen molar-refractivity contribution in [1.29, 1.82) is 0 Å². The zero-order chi connectivity index (χ0) is 12.5. The van der Waals surface area contributed by atoms with E-state index in [1.165, 1.54) is 12.1 Å². The van der Waals surface area contributed by atoms with Gasteiger partial charge >= 0.3 is 6.18 Å². The molecule has 0 aromatic heterocycles. The van der Waals surface area contributed by atoms with Crippen LogP contribution in [0.5, 0.6) is 0 Å². The first-order valence-electron chi connectivity index (χ1n) is 5.62. The molecule has 94 valence electrons. The molecule has 0 spiro atoms. The fraction of sp³-hybridized carbons (Fsp3) is 0.500. The van der Waals surface area contributed by atoms with E-state index >= 15 is 0 Å². The van der Waals surface area contributed by atoms with E-state index in [9.17, 15) is 13.2 Å². The molecule has 1 aliphatic rings. The molecule has 1 fully saturated rings. The highest BCUT2D eigenvalue weighted by atomic mass is 19.4. The summed E-state index contributed by atoms with van der Waals surface area (Å²) in [7, 11) is 0. The lowest BCUT2D eigenvalue weighted by Crippen LogP contribution is -2.23. The summed E-state index contributed by atoms with van der Waals surface area (Å²) in [6, 6.07) is 4.96. The number of halogens is 3. The van der Waals surface area contributed by atoms with Crippen LogP contribution in [0.2, 0.25) is 0 Å². The number of nitrogens with two attached hydrogens (primary N) is 1. The van der Waals surface area contributed by atoms with Crippen LogP contribution in [-0.2, 0) is 6.18 Å². The summed E-state index contributed by atoms with van der Waals surface area (Å²) >= 11 is 0. The molecule has 3 N–H and O–H groups in total. The van der Waals surface area contributed by atoms with Crippen molar-refractivity contribution in [2.75, 3.05) is 13.1 Å². The Balaban J connectivity index is 2.12. The van der Waals surface area contributed by atoms with Crippen molar-refractivity contribution in [3.63, 3.8) is 0 Å². The summed E-state index contributed by atoms with van der Waals surface area (Å²) in [5.74, 6) is 0.312. The first-order chi connectivity index (χ1) is 7.98. The molecule has 17 heavy (non-hydrogen) atoms. The highest BCUT2D eigenvalue weighted by Gasteiger charge is 2.30. The van der Waals surface area contributed by atoms with E-state index in [0.717, 1.165) is 37.2 Å². The summed E-state index contributed by atoms with van der Waals surface area (Å²) in [6.07, 6.45) is -3.31. The van der Waals surface area contributed by atoms with Crippen LogP contribution in [0.3, 0.4) is 0 Å². The van der Waals surface area contributed by atoms with Crippen molar-refractivity contribution < 1.29 is 13.2 Å². The van der Waals surface area contributed by atoms with Crippen LogP contribution in [0.4, 0.5) is 13.2 Å². The van der Waals surface area contributed by atoms with Crippen LogP contribution in [0.25, 0.3) is 0 Å². The monoisotopic (exact) mass is 244 g/mol. The zero-order valence-electron chi connectivity index (χ0n) is 9.30. The van der Waals surface area contributed by atoms with Gasteiger partial charge in [-0.1, -0.05) is 12.1 Å². The van der Waals surface area contributed by atoms with Gasteiger partial charge in [-0.2, -0.15) is 13.2 Å². The Morgan fingerprint density at radius 3 is 2.35 bits per heavy atom. The molecule has 1 heterocycles. The molecule has 1 saturated heterocycles. The largest absolute Gasteiger partial charge is 0.416 e. The predicted molar refractivity (Wildman–Crippen MR) is 59.3 cm³/mol. The van der Waals surface area contributed by atoms with E-state index in [4.69, 9.17) is 5.73 Å². The molecule has 1 aromatic carbocycles.